The van der Waals surface area contributed by atoms with Crippen molar-refractivity contribution in [3.8, 4) is 0 Å². The summed E-state index contributed by atoms with van der Waals surface area (Å²) in [6.07, 6.45) is 8.88. The number of nitrogens with two attached hydrogens (primary N) is 1. The predicted octanol–water partition coefficient (Wildman–Crippen LogP) is 3.02. The van der Waals surface area contributed by atoms with Gasteiger partial charge in [0.1, 0.15) is 12.2 Å². The van der Waals surface area contributed by atoms with E-state index in [1.807, 2.05) is 4.68 Å². The molecule has 1 atom stereocenters. The summed E-state index contributed by atoms with van der Waals surface area (Å²) in [4.78, 5) is 4.38. The second kappa shape index (κ2) is 7.21. The van der Waals surface area contributed by atoms with Crippen molar-refractivity contribution in [1.29, 1.82) is 0 Å². The van der Waals surface area contributed by atoms with Gasteiger partial charge in [0.25, 0.3) is 0 Å². The lowest BCUT2D eigenvalue weighted by Gasteiger charge is -2.33. The Hall–Kier alpha value is -0.900. The van der Waals surface area contributed by atoms with Gasteiger partial charge in [-0.2, -0.15) is 5.10 Å². The van der Waals surface area contributed by atoms with Crippen LogP contribution in [0.2, 0.25) is 0 Å². The van der Waals surface area contributed by atoms with Gasteiger partial charge in [-0.3, -0.25) is 4.68 Å². The van der Waals surface area contributed by atoms with Crippen LogP contribution in [0.25, 0.3) is 0 Å². The van der Waals surface area contributed by atoms with Crippen molar-refractivity contribution in [1.82, 2.24) is 14.8 Å². The Morgan fingerprint density at radius 2 is 1.90 bits per heavy atom. The van der Waals surface area contributed by atoms with Gasteiger partial charge in [-0.1, -0.05) is 20.8 Å². The predicted molar refractivity (Wildman–Crippen MR) is 82.3 cm³/mol. The van der Waals surface area contributed by atoms with Crippen LogP contribution in [0.5, 0.6) is 0 Å². The molecule has 20 heavy (non-hydrogen) atoms. The van der Waals surface area contributed by atoms with Gasteiger partial charge in [0, 0.05) is 19.0 Å². The first-order chi connectivity index (χ1) is 9.61. The van der Waals surface area contributed by atoms with Crippen molar-refractivity contribution >= 4 is 0 Å². The SMILES string of the molecule is CCCn1ncnc1CC(N)C1CCC(C(C)C)CC1. The zero-order valence-corrected chi connectivity index (χ0v) is 13.3. The molecular formula is C16H30N4. The minimum Gasteiger partial charge on any atom is -0.327 e. The summed E-state index contributed by atoms with van der Waals surface area (Å²) >= 11 is 0. The molecule has 1 heterocycles. The lowest BCUT2D eigenvalue weighted by Crippen LogP contribution is -2.36. The van der Waals surface area contributed by atoms with Crippen molar-refractivity contribution in [2.45, 2.75) is 71.9 Å². The van der Waals surface area contributed by atoms with Crippen LogP contribution in [0, 0.1) is 17.8 Å². The van der Waals surface area contributed by atoms with Crippen molar-refractivity contribution in [3.05, 3.63) is 12.2 Å². The van der Waals surface area contributed by atoms with Gasteiger partial charge in [0.2, 0.25) is 0 Å². The molecule has 0 radical (unpaired) electrons. The highest BCUT2D eigenvalue weighted by atomic mass is 15.3. The lowest BCUT2D eigenvalue weighted by atomic mass is 9.74. The lowest BCUT2D eigenvalue weighted by molar-refractivity contribution is 0.201. The fourth-order valence-corrected chi connectivity index (χ4v) is 3.46. The summed E-state index contributed by atoms with van der Waals surface area (Å²) in [5.74, 6) is 3.45. The van der Waals surface area contributed by atoms with Gasteiger partial charge in [-0.05, 0) is 49.9 Å². The van der Waals surface area contributed by atoms with Crippen molar-refractivity contribution < 1.29 is 0 Å². The highest BCUT2D eigenvalue weighted by Crippen LogP contribution is 2.34. The molecule has 1 fully saturated rings. The molecule has 0 aromatic carbocycles. The molecule has 1 saturated carbocycles. The average molecular weight is 278 g/mol. The van der Waals surface area contributed by atoms with E-state index < -0.39 is 0 Å². The van der Waals surface area contributed by atoms with E-state index in [1.165, 1.54) is 25.7 Å². The second-order valence-corrected chi connectivity index (χ2v) is 6.69. The number of aromatic nitrogens is 3. The van der Waals surface area contributed by atoms with E-state index in [4.69, 9.17) is 5.73 Å². The third-order valence-electron chi connectivity index (χ3n) is 4.91. The Bertz CT molecular complexity index is 391. The Kier molecular flexibility index (Phi) is 5.58. The summed E-state index contributed by atoms with van der Waals surface area (Å²) in [5.41, 5.74) is 6.45. The molecule has 0 spiro atoms. The monoisotopic (exact) mass is 278 g/mol. The van der Waals surface area contributed by atoms with E-state index in [0.717, 1.165) is 37.0 Å². The van der Waals surface area contributed by atoms with Gasteiger partial charge in [0.15, 0.2) is 0 Å². The normalized spacial score (nSPS) is 25.1. The van der Waals surface area contributed by atoms with Crippen LogP contribution in [0.4, 0.5) is 0 Å². The highest BCUT2D eigenvalue weighted by Gasteiger charge is 2.27. The molecule has 114 valence electrons. The average Bonchev–Trinajstić information content (AvgIpc) is 2.86. The van der Waals surface area contributed by atoms with Gasteiger partial charge in [-0.25, -0.2) is 4.98 Å². The third kappa shape index (κ3) is 3.81. The van der Waals surface area contributed by atoms with E-state index in [-0.39, 0.29) is 6.04 Å². The van der Waals surface area contributed by atoms with Crippen molar-refractivity contribution in [3.63, 3.8) is 0 Å². The van der Waals surface area contributed by atoms with Crippen molar-refractivity contribution in [2.24, 2.45) is 23.5 Å². The second-order valence-electron chi connectivity index (χ2n) is 6.69. The van der Waals surface area contributed by atoms with Gasteiger partial charge in [-0.15, -0.1) is 0 Å². The van der Waals surface area contributed by atoms with E-state index in [0.29, 0.717) is 5.92 Å². The molecule has 2 rings (SSSR count). The quantitative estimate of drug-likeness (QED) is 0.870. The maximum Gasteiger partial charge on any atom is 0.138 e. The van der Waals surface area contributed by atoms with Gasteiger partial charge >= 0.3 is 0 Å². The molecule has 0 amide bonds. The number of hydrogen-bond donors (Lipinski definition) is 1. The third-order valence-corrected chi connectivity index (χ3v) is 4.91. The van der Waals surface area contributed by atoms with Crippen LogP contribution in [-0.2, 0) is 13.0 Å². The van der Waals surface area contributed by atoms with Gasteiger partial charge < -0.3 is 5.73 Å². The number of nitrogens with zero attached hydrogens (tertiary/aromatic N) is 3. The standard InChI is InChI=1S/C16H30N4/c1-4-9-20-16(18-11-19-20)10-15(17)14-7-5-13(6-8-14)12(2)3/h11-15H,4-10,17H2,1-3H3. The fourth-order valence-electron chi connectivity index (χ4n) is 3.46. The molecule has 1 aliphatic rings. The first-order valence-electron chi connectivity index (χ1n) is 8.24. The number of hydrogen-bond acceptors (Lipinski definition) is 3. The molecule has 0 aliphatic heterocycles. The van der Waals surface area contributed by atoms with E-state index in [9.17, 15) is 0 Å². The van der Waals surface area contributed by atoms with Crippen LogP contribution >= 0.6 is 0 Å². The Morgan fingerprint density at radius 3 is 2.50 bits per heavy atom. The summed E-state index contributed by atoms with van der Waals surface area (Å²) in [6.45, 7) is 7.80. The summed E-state index contributed by atoms with van der Waals surface area (Å²) in [7, 11) is 0. The summed E-state index contributed by atoms with van der Waals surface area (Å²) < 4.78 is 2.01. The molecule has 0 saturated heterocycles. The summed E-state index contributed by atoms with van der Waals surface area (Å²) in [5, 5.41) is 4.29. The zero-order valence-electron chi connectivity index (χ0n) is 13.3. The maximum atomic E-state index is 6.45. The molecule has 1 aromatic heterocycles. The topological polar surface area (TPSA) is 56.7 Å². The first-order valence-corrected chi connectivity index (χ1v) is 8.24. The Labute approximate surface area is 123 Å². The highest BCUT2D eigenvalue weighted by molar-refractivity contribution is 4.92. The fraction of sp³-hybridized carbons (Fsp3) is 0.875. The molecular weight excluding hydrogens is 248 g/mol. The number of rotatable bonds is 6. The smallest absolute Gasteiger partial charge is 0.138 e. The maximum absolute atomic E-state index is 6.45. The Morgan fingerprint density at radius 1 is 1.25 bits per heavy atom. The van der Waals surface area contributed by atoms with Crippen LogP contribution in [-0.4, -0.2) is 20.8 Å². The van der Waals surface area contributed by atoms with E-state index in [1.54, 1.807) is 6.33 Å². The van der Waals surface area contributed by atoms with E-state index >= 15 is 0 Å². The molecule has 2 N–H and O–H groups in total. The Balaban J connectivity index is 1.86. The van der Waals surface area contributed by atoms with Crippen molar-refractivity contribution in [2.75, 3.05) is 0 Å². The van der Waals surface area contributed by atoms with Gasteiger partial charge in [0.05, 0.1) is 0 Å². The molecule has 0 bridgehead atoms. The summed E-state index contributed by atoms with van der Waals surface area (Å²) in [6, 6.07) is 0.239. The number of aryl methyl sites for hydroxylation is 1. The molecule has 1 unspecified atom stereocenters. The van der Waals surface area contributed by atoms with Crippen LogP contribution < -0.4 is 5.73 Å². The molecule has 1 aromatic rings. The van der Waals surface area contributed by atoms with E-state index in [2.05, 4.69) is 30.9 Å². The van der Waals surface area contributed by atoms with Crippen LogP contribution in [0.15, 0.2) is 6.33 Å². The molecule has 4 heteroatoms. The molecule has 4 nitrogen and oxygen atoms in total. The minimum atomic E-state index is 0.239. The zero-order chi connectivity index (χ0) is 14.5. The van der Waals surface area contributed by atoms with Crippen LogP contribution in [0.3, 0.4) is 0 Å². The minimum absolute atomic E-state index is 0.239. The van der Waals surface area contributed by atoms with Crippen LogP contribution in [0.1, 0.15) is 58.7 Å². The largest absolute Gasteiger partial charge is 0.327 e. The molecule has 1 aliphatic carbocycles. The first kappa shape index (κ1) is 15.5.